The first-order valence-electron chi connectivity index (χ1n) is 8.35. The predicted molar refractivity (Wildman–Crippen MR) is 106 cm³/mol. The molecular formula is C19H16N2O7S. The third-order valence-corrected chi connectivity index (χ3v) is 5.17. The standard InChI is InChI=1S/C19H16N2O7S/c1-28-12-5-2-10(3-6-12)21-17(24)15(29-19(21)27)9-16(23)20-14-7-4-11(22)8-13(14)18(25)26/h2-8,15,22H,9H2,1H3,(H,20,23)(H,25,26). The molecule has 9 nitrogen and oxygen atoms in total. The Hall–Kier alpha value is -3.53. The van der Waals surface area contributed by atoms with Crippen molar-refractivity contribution in [2.45, 2.75) is 11.7 Å². The number of carbonyl (C=O) groups excluding carboxylic acids is 3. The van der Waals surface area contributed by atoms with Crippen molar-refractivity contribution in [2.75, 3.05) is 17.3 Å². The number of benzene rings is 2. The Morgan fingerprint density at radius 3 is 2.48 bits per heavy atom. The number of carboxylic acid groups (broad SMARTS) is 1. The van der Waals surface area contributed by atoms with Crippen molar-refractivity contribution in [3.63, 3.8) is 0 Å². The van der Waals surface area contributed by atoms with Crippen molar-refractivity contribution < 1.29 is 34.1 Å². The average molecular weight is 416 g/mol. The van der Waals surface area contributed by atoms with Crippen LogP contribution in [-0.2, 0) is 9.59 Å². The van der Waals surface area contributed by atoms with Crippen molar-refractivity contribution in [3.05, 3.63) is 48.0 Å². The summed E-state index contributed by atoms with van der Waals surface area (Å²) >= 11 is 0.727. The number of nitrogens with zero attached hydrogens (tertiary/aromatic N) is 1. The highest BCUT2D eigenvalue weighted by atomic mass is 32.2. The summed E-state index contributed by atoms with van der Waals surface area (Å²) in [5.41, 5.74) is 0.0525. The molecule has 1 aliphatic rings. The van der Waals surface area contributed by atoms with Crippen LogP contribution in [0.5, 0.6) is 11.5 Å². The number of phenolic OH excluding ortho intramolecular Hbond substituents is 1. The average Bonchev–Trinajstić information content (AvgIpc) is 2.96. The molecule has 29 heavy (non-hydrogen) atoms. The monoisotopic (exact) mass is 416 g/mol. The zero-order valence-corrected chi connectivity index (χ0v) is 15.9. The number of methoxy groups -OCH3 is 1. The summed E-state index contributed by atoms with van der Waals surface area (Å²) in [6, 6.07) is 9.82. The lowest BCUT2D eigenvalue weighted by Gasteiger charge is -2.14. The molecule has 1 unspecified atom stereocenters. The van der Waals surface area contributed by atoms with Crippen LogP contribution in [0.15, 0.2) is 42.5 Å². The molecule has 1 aliphatic heterocycles. The van der Waals surface area contributed by atoms with E-state index in [4.69, 9.17) is 4.74 Å². The fourth-order valence-corrected chi connectivity index (χ4v) is 3.72. The van der Waals surface area contributed by atoms with Gasteiger partial charge < -0.3 is 20.3 Å². The van der Waals surface area contributed by atoms with E-state index >= 15 is 0 Å². The highest BCUT2D eigenvalue weighted by Gasteiger charge is 2.41. The zero-order chi connectivity index (χ0) is 21.1. The molecule has 0 saturated carbocycles. The number of imide groups is 1. The van der Waals surface area contributed by atoms with Crippen LogP contribution in [-0.4, -0.2) is 45.6 Å². The van der Waals surface area contributed by atoms with Gasteiger partial charge in [0.15, 0.2) is 0 Å². The molecule has 10 heteroatoms. The first-order valence-corrected chi connectivity index (χ1v) is 9.23. The van der Waals surface area contributed by atoms with Crippen LogP contribution in [0.1, 0.15) is 16.8 Å². The minimum absolute atomic E-state index is 0.0194. The van der Waals surface area contributed by atoms with E-state index in [2.05, 4.69) is 5.32 Å². The molecule has 1 saturated heterocycles. The molecule has 0 bridgehead atoms. The van der Waals surface area contributed by atoms with Gasteiger partial charge in [0, 0.05) is 6.42 Å². The Labute approximate surface area is 169 Å². The summed E-state index contributed by atoms with van der Waals surface area (Å²) < 4.78 is 5.05. The van der Waals surface area contributed by atoms with Gasteiger partial charge in [0.1, 0.15) is 16.7 Å². The molecule has 0 radical (unpaired) electrons. The third kappa shape index (κ3) is 4.32. The first kappa shape index (κ1) is 20.2. The van der Waals surface area contributed by atoms with E-state index < -0.39 is 28.3 Å². The molecular weight excluding hydrogens is 400 g/mol. The maximum Gasteiger partial charge on any atom is 0.337 e. The molecule has 3 rings (SSSR count). The van der Waals surface area contributed by atoms with Gasteiger partial charge in [-0.25, -0.2) is 9.69 Å². The molecule has 2 aromatic rings. The fourth-order valence-electron chi connectivity index (χ4n) is 2.74. The number of hydrogen-bond donors (Lipinski definition) is 3. The van der Waals surface area contributed by atoms with Crippen LogP contribution >= 0.6 is 11.8 Å². The minimum Gasteiger partial charge on any atom is -0.508 e. The number of ether oxygens (including phenoxy) is 1. The Bertz CT molecular complexity index is 991. The van der Waals surface area contributed by atoms with Gasteiger partial charge in [-0.1, -0.05) is 0 Å². The predicted octanol–water partition coefficient (Wildman–Crippen LogP) is 2.70. The van der Waals surface area contributed by atoms with Gasteiger partial charge in [-0.05, 0) is 54.2 Å². The van der Waals surface area contributed by atoms with Gasteiger partial charge in [0.05, 0.1) is 24.0 Å². The maximum atomic E-state index is 12.6. The van der Waals surface area contributed by atoms with E-state index in [1.54, 1.807) is 24.3 Å². The van der Waals surface area contributed by atoms with Gasteiger partial charge in [-0.15, -0.1) is 0 Å². The van der Waals surface area contributed by atoms with Gasteiger partial charge >= 0.3 is 5.97 Å². The number of hydrogen-bond acceptors (Lipinski definition) is 7. The maximum absolute atomic E-state index is 12.6. The van der Waals surface area contributed by atoms with Crippen LogP contribution in [0.2, 0.25) is 0 Å². The first-order chi connectivity index (χ1) is 13.8. The molecule has 0 spiro atoms. The number of phenols is 1. The number of rotatable bonds is 6. The molecule has 2 aromatic carbocycles. The second-order valence-corrected chi connectivity index (χ2v) is 7.19. The Morgan fingerprint density at radius 1 is 1.17 bits per heavy atom. The van der Waals surface area contributed by atoms with E-state index in [1.807, 2.05) is 0 Å². The quantitative estimate of drug-likeness (QED) is 0.612. The third-order valence-electron chi connectivity index (χ3n) is 4.13. The Morgan fingerprint density at radius 2 is 1.86 bits per heavy atom. The normalized spacial score (nSPS) is 16.0. The number of thioether (sulfide) groups is 1. The zero-order valence-electron chi connectivity index (χ0n) is 15.1. The van der Waals surface area contributed by atoms with Crippen molar-refractivity contribution in [3.8, 4) is 11.5 Å². The number of aromatic carboxylic acids is 1. The largest absolute Gasteiger partial charge is 0.508 e. The SMILES string of the molecule is COc1ccc(N2C(=O)SC(CC(=O)Nc3ccc(O)cc3C(=O)O)C2=O)cc1. The minimum atomic E-state index is -1.33. The van der Waals surface area contributed by atoms with E-state index in [1.165, 1.54) is 19.2 Å². The molecule has 3 N–H and O–H groups in total. The Kier molecular flexibility index (Phi) is 5.74. The lowest BCUT2D eigenvalue weighted by molar-refractivity contribution is -0.121. The molecule has 0 aromatic heterocycles. The number of nitrogens with one attached hydrogen (secondary N) is 1. The van der Waals surface area contributed by atoms with E-state index in [0.29, 0.717) is 11.4 Å². The number of carbonyl (C=O) groups is 4. The lowest BCUT2D eigenvalue weighted by Crippen LogP contribution is -2.33. The summed E-state index contributed by atoms with van der Waals surface area (Å²) in [6.07, 6.45) is -0.318. The number of carboxylic acids is 1. The van der Waals surface area contributed by atoms with Crippen molar-refractivity contribution in [2.24, 2.45) is 0 Å². The van der Waals surface area contributed by atoms with Crippen molar-refractivity contribution in [1.29, 1.82) is 0 Å². The number of amides is 3. The molecule has 3 amide bonds. The van der Waals surface area contributed by atoms with Crippen LogP contribution in [0.4, 0.5) is 16.2 Å². The second kappa shape index (κ2) is 8.23. The van der Waals surface area contributed by atoms with Crippen LogP contribution in [0.25, 0.3) is 0 Å². The molecule has 150 valence electrons. The van der Waals surface area contributed by atoms with Gasteiger partial charge in [-0.3, -0.25) is 14.4 Å². The Balaban J connectivity index is 1.71. The fraction of sp³-hybridized carbons (Fsp3) is 0.158. The topological polar surface area (TPSA) is 133 Å². The van der Waals surface area contributed by atoms with Gasteiger partial charge in [-0.2, -0.15) is 0 Å². The van der Waals surface area contributed by atoms with E-state index in [9.17, 15) is 29.4 Å². The van der Waals surface area contributed by atoms with Crippen LogP contribution in [0, 0.1) is 0 Å². The summed E-state index contributed by atoms with van der Waals surface area (Å²) in [5, 5.41) is 19.6. The van der Waals surface area contributed by atoms with Gasteiger partial charge in [0.25, 0.3) is 5.24 Å². The van der Waals surface area contributed by atoms with Crippen LogP contribution < -0.4 is 15.0 Å². The molecule has 1 heterocycles. The van der Waals surface area contributed by atoms with Crippen LogP contribution in [0.3, 0.4) is 0 Å². The summed E-state index contributed by atoms with van der Waals surface area (Å²) in [4.78, 5) is 49.5. The van der Waals surface area contributed by atoms with Gasteiger partial charge in [0.2, 0.25) is 11.8 Å². The van der Waals surface area contributed by atoms with Crippen molar-refractivity contribution in [1.82, 2.24) is 0 Å². The number of aromatic hydroxyl groups is 1. The number of anilines is 2. The highest BCUT2D eigenvalue weighted by molar-refractivity contribution is 8.15. The molecule has 1 atom stereocenters. The van der Waals surface area contributed by atoms with E-state index in [-0.39, 0.29) is 23.4 Å². The highest BCUT2D eigenvalue weighted by Crippen LogP contribution is 2.34. The van der Waals surface area contributed by atoms with E-state index in [0.717, 1.165) is 22.7 Å². The summed E-state index contributed by atoms with van der Waals surface area (Å²) in [5.74, 6) is -2.19. The molecule has 1 fully saturated rings. The lowest BCUT2D eigenvalue weighted by atomic mass is 10.1. The summed E-state index contributed by atoms with van der Waals surface area (Å²) in [6.45, 7) is 0. The smallest absolute Gasteiger partial charge is 0.337 e. The van der Waals surface area contributed by atoms with Crippen molar-refractivity contribution >= 4 is 46.2 Å². The molecule has 0 aliphatic carbocycles. The second-order valence-electron chi connectivity index (χ2n) is 6.03. The summed E-state index contributed by atoms with van der Waals surface area (Å²) in [7, 11) is 1.50.